The van der Waals surface area contributed by atoms with E-state index in [-0.39, 0.29) is 58.0 Å². The molecule has 12 nitrogen and oxygen atoms in total. The van der Waals surface area contributed by atoms with Crippen LogP contribution in [-0.2, 0) is 40.0 Å². The Morgan fingerprint density at radius 3 is 2.05 bits per heavy atom. The summed E-state index contributed by atoms with van der Waals surface area (Å²) >= 11 is 0. The van der Waals surface area contributed by atoms with E-state index in [1.54, 1.807) is 20.8 Å². The van der Waals surface area contributed by atoms with Crippen molar-refractivity contribution in [2.45, 2.75) is 110 Å². The molecule has 3 aromatic carbocycles. The fraction of sp³-hybridized carbons (Fsp3) is 0.520. The molecule has 63 heavy (non-hydrogen) atoms. The molecule has 4 rings (SSSR count). The van der Waals surface area contributed by atoms with Gasteiger partial charge in [0.1, 0.15) is 18.8 Å². The van der Waals surface area contributed by atoms with Gasteiger partial charge in [0.25, 0.3) is 0 Å². The summed E-state index contributed by atoms with van der Waals surface area (Å²) < 4.78 is 17.0. The van der Waals surface area contributed by atoms with Crippen LogP contribution in [0, 0.1) is 17.8 Å². The molecule has 0 unspecified atom stereocenters. The number of fused-ring (bicyclic) bond motifs is 3. The highest BCUT2D eigenvalue weighted by atomic mass is 31.1. The van der Waals surface area contributed by atoms with Crippen molar-refractivity contribution in [3.63, 3.8) is 0 Å². The summed E-state index contributed by atoms with van der Waals surface area (Å²) in [7, 11) is -0.273. The molecule has 0 saturated carbocycles. The highest BCUT2D eigenvalue weighted by molar-refractivity contribution is 7.57. The fourth-order valence-corrected chi connectivity index (χ4v) is 8.53. The Labute approximate surface area is 375 Å². The number of Topliss-reactive ketones (excluding diaryl/α,β-unsaturated/α-hetero) is 1. The molecule has 0 aromatic heterocycles. The van der Waals surface area contributed by atoms with Crippen LogP contribution < -0.4 is 16.4 Å². The van der Waals surface area contributed by atoms with Crippen molar-refractivity contribution >= 4 is 43.5 Å². The summed E-state index contributed by atoms with van der Waals surface area (Å²) in [6, 6.07) is 24.6. The van der Waals surface area contributed by atoms with Gasteiger partial charge in [-0.2, -0.15) is 0 Å². The molecule has 342 valence electrons. The molecular formula is C50H69N4O8P. The van der Waals surface area contributed by atoms with Gasteiger partial charge >= 0.3 is 18.0 Å². The first kappa shape index (κ1) is 50.6. The van der Waals surface area contributed by atoms with Crippen LogP contribution in [0.4, 0.5) is 4.79 Å². The number of rotatable bonds is 25. The van der Waals surface area contributed by atoms with Gasteiger partial charge < -0.3 is 30.6 Å². The molecule has 1 aliphatic rings. The van der Waals surface area contributed by atoms with Crippen LogP contribution in [0.1, 0.15) is 109 Å². The zero-order valence-electron chi connectivity index (χ0n) is 38.3. The van der Waals surface area contributed by atoms with E-state index in [1.807, 2.05) is 80.6 Å². The molecule has 0 spiro atoms. The number of nitrogens with one attached hydrogen (secondary N) is 2. The lowest BCUT2D eigenvalue weighted by atomic mass is 9.89. The second-order valence-electron chi connectivity index (χ2n) is 18.1. The largest absolute Gasteiger partial charge is 0.465 e. The Hall–Kier alpha value is -5.09. The van der Waals surface area contributed by atoms with Crippen LogP contribution in [-0.4, -0.2) is 86.4 Å². The van der Waals surface area contributed by atoms with E-state index in [4.69, 9.17) is 19.9 Å². The van der Waals surface area contributed by atoms with Crippen molar-refractivity contribution in [2.24, 2.45) is 28.5 Å². The maximum Gasteiger partial charge on any atom is 0.407 e. The van der Waals surface area contributed by atoms with Crippen molar-refractivity contribution in [3.8, 4) is 11.1 Å². The third kappa shape index (κ3) is 17.5. The molecule has 0 radical (unpaired) electrons. The summed E-state index contributed by atoms with van der Waals surface area (Å²) in [6.07, 6.45) is 2.32. The standard InChI is InChI=1S/C50H69N4O8P/c1-34(2)28-37(48(58)61-31-35-18-9-8-10-19-35)29-44(55)43(25-17-27-52-45(51)33-63(6)7)54-47(57)36(20-15-16-26-53-49(59)62-50(3,4)5)30-46(56)60-32-42-40-23-13-11-21-38(40)39-22-12-14-24-41(39)42/h8-14,18-19,21-24,34,36-37,42-43H,15-17,20,25-33H2,1-7H3,(H2,51,52)(H,53,59)(H,54,57)/t36-,37+,43+/m0/s1. The number of carbonyl (C=O) groups is 5. The molecule has 3 aromatic rings. The molecule has 2 amide bonds. The third-order valence-electron chi connectivity index (χ3n) is 10.7. The van der Waals surface area contributed by atoms with Crippen LogP contribution in [0.5, 0.6) is 0 Å². The Morgan fingerprint density at radius 1 is 0.794 bits per heavy atom. The number of amidine groups is 1. The van der Waals surface area contributed by atoms with Crippen molar-refractivity contribution in [1.82, 2.24) is 10.6 Å². The zero-order chi connectivity index (χ0) is 45.9. The molecule has 0 saturated heterocycles. The van der Waals surface area contributed by atoms with Crippen LogP contribution >= 0.6 is 7.92 Å². The first-order valence-electron chi connectivity index (χ1n) is 22.3. The van der Waals surface area contributed by atoms with E-state index in [0.29, 0.717) is 57.2 Å². The first-order valence-corrected chi connectivity index (χ1v) is 24.7. The number of aliphatic imine (C=N–C) groups is 1. The molecule has 1 aliphatic carbocycles. The lowest BCUT2D eigenvalue weighted by Gasteiger charge is -2.24. The monoisotopic (exact) mass is 884 g/mol. The number of benzene rings is 3. The minimum Gasteiger partial charge on any atom is -0.465 e. The highest BCUT2D eigenvalue weighted by Gasteiger charge is 2.33. The van der Waals surface area contributed by atoms with E-state index in [2.05, 4.69) is 41.1 Å². The predicted molar refractivity (Wildman–Crippen MR) is 251 cm³/mol. The number of hydrogen-bond donors (Lipinski definition) is 3. The Bertz CT molecular complexity index is 1950. The summed E-state index contributed by atoms with van der Waals surface area (Å²) in [4.78, 5) is 72.5. The van der Waals surface area contributed by atoms with Crippen LogP contribution in [0.25, 0.3) is 11.1 Å². The number of amides is 2. The van der Waals surface area contributed by atoms with E-state index in [1.165, 1.54) is 0 Å². The lowest BCUT2D eigenvalue weighted by molar-refractivity contribution is -0.152. The van der Waals surface area contributed by atoms with Gasteiger partial charge in [-0.3, -0.25) is 24.2 Å². The zero-order valence-corrected chi connectivity index (χ0v) is 39.2. The van der Waals surface area contributed by atoms with E-state index < -0.39 is 47.4 Å². The van der Waals surface area contributed by atoms with Crippen LogP contribution in [0.15, 0.2) is 83.9 Å². The number of unbranched alkanes of at least 4 members (excludes halogenated alkanes) is 1. The molecule has 13 heteroatoms. The molecule has 0 aliphatic heterocycles. The van der Waals surface area contributed by atoms with Gasteiger partial charge in [-0.25, -0.2) is 4.79 Å². The Kier molecular flexibility index (Phi) is 20.3. The minimum absolute atomic E-state index is 0.0879. The SMILES string of the molecule is CC(C)C[C@H](CC(=O)[C@@H](CCCN=C(N)CP(C)C)NC(=O)[C@@H](CCCCNC(=O)OC(C)(C)C)CC(=O)OCC1c2ccccc2-c2ccccc21)C(=O)OCc1ccccc1. The maximum atomic E-state index is 14.3. The number of ether oxygens (including phenoxy) is 3. The molecule has 0 heterocycles. The molecular weight excluding hydrogens is 816 g/mol. The highest BCUT2D eigenvalue weighted by Crippen LogP contribution is 2.44. The first-order chi connectivity index (χ1) is 30.0. The van der Waals surface area contributed by atoms with Gasteiger partial charge in [0.05, 0.1) is 24.2 Å². The second-order valence-corrected chi connectivity index (χ2v) is 20.6. The van der Waals surface area contributed by atoms with E-state index >= 15 is 0 Å². The van der Waals surface area contributed by atoms with Gasteiger partial charge in [0, 0.05) is 37.5 Å². The number of ketones is 1. The molecule has 3 atom stereocenters. The van der Waals surface area contributed by atoms with Crippen LogP contribution in [0.3, 0.4) is 0 Å². The van der Waals surface area contributed by atoms with Crippen molar-refractivity contribution in [1.29, 1.82) is 0 Å². The normalized spacial score (nSPS) is 14.0. The molecule has 0 fully saturated rings. The number of hydrogen-bond acceptors (Lipinski definition) is 9. The number of nitrogens with zero attached hydrogens (tertiary/aromatic N) is 1. The number of alkyl carbamates (subject to hydrolysis) is 1. The van der Waals surface area contributed by atoms with Crippen LogP contribution in [0.2, 0.25) is 0 Å². The van der Waals surface area contributed by atoms with Crippen molar-refractivity contribution in [2.75, 3.05) is 39.2 Å². The van der Waals surface area contributed by atoms with Crippen molar-refractivity contribution in [3.05, 3.63) is 95.6 Å². The molecule has 0 bridgehead atoms. The van der Waals surface area contributed by atoms with Gasteiger partial charge in [0.15, 0.2) is 5.78 Å². The summed E-state index contributed by atoms with van der Waals surface area (Å²) in [5, 5.41) is 5.74. The average molecular weight is 885 g/mol. The number of carbonyl (C=O) groups excluding carboxylic acids is 5. The smallest absolute Gasteiger partial charge is 0.407 e. The second kappa shape index (κ2) is 25.3. The van der Waals surface area contributed by atoms with E-state index in [9.17, 15) is 24.0 Å². The summed E-state index contributed by atoms with van der Waals surface area (Å²) in [5.41, 5.74) is 10.7. The Balaban J connectivity index is 1.50. The maximum absolute atomic E-state index is 14.3. The van der Waals surface area contributed by atoms with Gasteiger partial charge in [-0.1, -0.05) is 99.1 Å². The van der Waals surface area contributed by atoms with Gasteiger partial charge in [-0.05, 0) is 99.9 Å². The predicted octanol–water partition coefficient (Wildman–Crippen LogP) is 8.77. The van der Waals surface area contributed by atoms with E-state index in [0.717, 1.165) is 27.8 Å². The fourth-order valence-electron chi connectivity index (χ4n) is 7.78. The quantitative estimate of drug-likeness (QED) is 0.0188. The number of esters is 2. The minimum atomic E-state index is -0.946. The number of nitrogens with two attached hydrogens (primary N) is 1. The van der Waals surface area contributed by atoms with Crippen molar-refractivity contribution < 1.29 is 38.2 Å². The van der Waals surface area contributed by atoms with Gasteiger partial charge in [0.2, 0.25) is 5.91 Å². The topological polar surface area (TPSA) is 175 Å². The summed E-state index contributed by atoms with van der Waals surface area (Å²) in [6.45, 7) is 14.5. The third-order valence-corrected chi connectivity index (χ3v) is 11.7. The summed E-state index contributed by atoms with van der Waals surface area (Å²) in [5.74, 6) is -2.78. The van der Waals surface area contributed by atoms with Gasteiger partial charge in [-0.15, -0.1) is 7.92 Å². The molecule has 4 N–H and O–H groups in total. The average Bonchev–Trinajstić information content (AvgIpc) is 3.54. The Morgan fingerprint density at radius 2 is 1.43 bits per heavy atom. The lowest BCUT2D eigenvalue weighted by Crippen LogP contribution is -2.45.